The molecular formula is C66H42N2O. The average Bonchev–Trinajstić information content (AvgIpc) is 3.97. The summed E-state index contributed by atoms with van der Waals surface area (Å²) < 4.78 is 9.34. The Hall–Kier alpha value is -9.18. The van der Waals surface area contributed by atoms with Gasteiger partial charge in [0.1, 0.15) is 11.2 Å². The fourth-order valence-corrected chi connectivity index (χ4v) is 11.1. The highest BCUT2D eigenvalue weighted by Crippen LogP contribution is 2.45. The van der Waals surface area contributed by atoms with Gasteiger partial charge in [-0.05, 0) is 132 Å². The molecule has 2 heterocycles. The van der Waals surface area contributed by atoms with E-state index in [2.05, 4.69) is 264 Å². The summed E-state index contributed by atoms with van der Waals surface area (Å²) in [5.74, 6) is 0. The van der Waals surface area contributed by atoms with E-state index < -0.39 is 0 Å². The van der Waals surface area contributed by atoms with Crippen LogP contribution in [0.25, 0.3) is 114 Å². The summed E-state index contributed by atoms with van der Waals surface area (Å²) in [6.45, 7) is 0. The molecule has 0 unspecified atom stereocenters. The number of anilines is 3. The smallest absolute Gasteiger partial charge is 0.143 e. The Labute approximate surface area is 398 Å². The molecule has 0 aliphatic carbocycles. The Bertz CT molecular complexity index is 4410. The number of benzene rings is 11. The van der Waals surface area contributed by atoms with E-state index in [4.69, 9.17) is 4.42 Å². The summed E-state index contributed by atoms with van der Waals surface area (Å²) in [4.78, 5) is 2.43. The minimum Gasteiger partial charge on any atom is -0.455 e. The van der Waals surface area contributed by atoms with Crippen molar-refractivity contribution in [2.75, 3.05) is 4.90 Å². The van der Waals surface area contributed by atoms with Crippen molar-refractivity contribution in [1.82, 2.24) is 4.57 Å². The van der Waals surface area contributed by atoms with Gasteiger partial charge in [0.05, 0.1) is 11.0 Å². The Kier molecular flexibility index (Phi) is 8.90. The SMILES string of the molecule is c1ccc(-c2ccc(N(c3ccc4c(c3)c3ccccc3c3ccccc3c3ccccc3c3c4ccc4c5ccccc5oc43)c3ccc4c(c3)c3ccccc3n4-c3ccccc3)cc2)cc1. The van der Waals surface area contributed by atoms with E-state index in [1.165, 1.54) is 49.0 Å². The van der Waals surface area contributed by atoms with Crippen LogP contribution in [0, 0.1) is 0 Å². The monoisotopic (exact) mass is 878 g/mol. The third kappa shape index (κ3) is 6.21. The molecule has 0 radical (unpaired) electrons. The van der Waals surface area contributed by atoms with E-state index >= 15 is 0 Å². The van der Waals surface area contributed by atoms with E-state index in [1.807, 2.05) is 0 Å². The number of nitrogens with zero attached hydrogens (tertiary/aromatic N) is 2. The van der Waals surface area contributed by atoms with Crippen molar-refractivity contribution in [2.45, 2.75) is 0 Å². The van der Waals surface area contributed by atoms with Gasteiger partial charge in [0.2, 0.25) is 0 Å². The number of para-hydroxylation sites is 3. The molecule has 0 aliphatic rings. The molecule has 3 nitrogen and oxygen atoms in total. The first-order valence-electron chi connectivity index (χ1n) is 23.7. The molecule has 0 atom stereocenters. The number of hydrogen-bond acceptors (Lipinski definition) is 2. The summed E-state index contributed by atoms with van der Waals surface area (Å²) in [7, 11) is 0. The molecule has 0 amide bonds. The van der Waals surface area contributed by atoms with E-state index in [1.54, 1.807) is 0 Å². The van der Waals surface area contributed by atoms with Crippen LogP contribution in [-0.2, 0) is 0 Å². The summed E-state index contributed by atoms with van der Waals surface area (Å²) in [5, 5.41) is 16.2. The van der Waals surface area contributed by atoms with Crippen molar-refractivity contribution >= 4 is 115 Å². The first-order valence-corrected chi connectivity index (χ1v) is 23.7. The van der Waals surface area contributed by atoms with Crippen molar-refractivity contribution in [3.05, 3.63) is 255 Å². The van der Waals surface area contributed by atoms with Crippen LogP contribution in [0.1, 0.15) is 0 Å². The van der Waals surface area contributed by atoms with Crippen molar-refractivity contribution in [2.24, 2.45) is 0 Å². The van der Waals surface area contributed by atoms with Gasteiger partial charge in [0.15, 0.2) is 0 Å². The number of aromatic nitrogens is 1. The Morgan fingerprint density at radius 2 is 0.710 bits per heavy atom. The van der Waals surface area contributed by atoms with Crippen LogP contribution in [0.2, 0.25) is 0 Å². The minimum absolute atomic E-state index is 0.884. The van der Waals surface area contributed by atoms with Crippen LogP contribution in [-0.4, -0.2) is 4.57 Å². The third-order valence-corrected chi connectivity index (χ3v) is 14.2. The lowest BCUT2D eigenvalue weighted by Gasteiger charge is -2.26. The van der Waals surface area contributed by atoms with Crippen molar-refractivity contribution in [3.8, 4) is 16.8 Å². The van der Waals surface area contributed by atoms with Crippen LogP contribution < -0.4 is 4.90 Å². The average molecular weight is 879 g/mol. The molecule has 69 heavy (non-hydrogen) atoms. The zero-order valence-electron chi connectivity index (χ0n) is 37.6. The predicted molar refractivity (Wildman–Crippen MR) is 293 cm³/mol. The normalized spacial score (nSPS) is 11.8. The van der Waals surface area contributed by atoms with Gasteiger partial charge in [-0.3, -0.25) is 0 Å². The fourth-order valence-electron chi connectivity index (χ4n) is 11.1. The highest BCUT2D eigenvalue weighted by Gasteiger charge is 2.20. The Morgan fingerprint density at radius 1 is 0.275 bits per heavy atom. The molecule has 3 heteroatoms. The van der Waals surface area contributed by atoms with Gasteiger partial charge in [0.25, 0.3) is 0 Å². The maximum Gasteiger partial charge on any atom is 0.143 e. The van der Waals surface area contributed by atoms with Gasteiger partial charge in [-0.15, -0.1) is 0 Å². The fraction of sp³-hybridized carbons (Fsp3) is 0. The molecule has 0 spiro atoms. The van der Waals surface area contributed by atoms with E-state index in [0.29, 0.717) is 0 Å². The first-order chi connectivity index (χ1) is 34.2. The van der Waals surface area contributed by atoms with E-state index in [-0.39, 0.29) is 0 Å². The van der Waals surface area contributed by atoms with Crippen LogP contribution in [0.15, 0.2) is 259 Å². The maximum atomic E-state index is 6.95. The molecule has 14 aromatic rings. The predicted octanol–water partition coefficient (Wildman–Crippen LogP) is 18.7. The molecule has 2 aromatic heterocycles. The molecule has 0 saturated heterocycles. The highest BCUT2D eigenvalue weighted by molar-refractivity contribution is 6.31. The minimum atomic E-state index is 0.884. The van der Waals surface area contributed by atoms with Crippen LogP contribution in [0.3, 0.4) is 0 Å². The second kappa shape index (κ2) is 15.7. The van der Waals surface area contributed by atoms with E-state index in [9.17, 15) is 0 Å². The van der Waals surface area contributed by atoms with E-state index in [0.717, 1.165) is 82.5 Å². The molecule has 0 fully saturated rings. The molecule has 14 rings (SSSR count). The molecule has 322 valence electrons. The number of fused-ring (bicyclic) bond motifs is 17. The van der Waals surface area contributed by atoms with Crippen molar-refractivity contribution < 1.29 is 4.42 Å². The Morgan fingerprint density at radius 3 is 1.41 bits per heavy atom. The molecule has 0 aliphatic heterocycles. The molecule has 0 bridgehead atoms. The summed E-state index contributed by atoms with van der Waals surface area (Å²) >= 11 is 0. The quantitative estimate of drug-likeness (QED) is 0.172. The standard InChI is InChI=1S/C66H42N2O/c1-3-17-43(18-4-1)44-31-33-46(34-32-44)67(48-36-40-63-61(42-48)55-26-13-15-29-62(55)68(63)45-19-5-2-6-20-45)47-35-37-54-58-38-39-59-56-27-14-16-30-64(56)69-66(59)65(58)57-28-12-11-24-52(57)50-22-8-7-21-49(50)51-23-9-10-25-53(51)60(54)41-47/h1-42H. The third-order valence-electron chi connectivity index (χ3n) is 14.2. The molecule has 12 aromatic carbocycles. The van der Waals surface area contributed by atoms with Crippen LogP contribution in [0.5, 0.6) is 0 Å². The zero-order valence-corrected chi connectivity index (χ0v) is 37.6. The number of rotatable bonds is 5. The second-order valence-corrected chi connectivity index (χ2v) is 18.0. The second-order valence-electron chi connectivity index (χ2n) is 18.0. The van der Waals surface area contributed by atoms with Gasteiger partial charge in [-0.2, -0.15) is 0 Å². The summed E-state index contributed by atoms with van der Waals surface area (Å²) in [6.07, 6.45) is 0. The molecule has 0 N–H and O–H groups in total. The Balaban J connectivity index is 1.11. The summed E-state index contributed by atoms with van der Waals surface area (Å²) in [5.41, 5.74) is 10.8. The summed E-state index contributed by atoms with van der Waals surface area (Å²) in [6, 6.07) is 92.8. The number of furan rings is 1. The maximum absolute atomic E-state index is 6.95. The largest absolute Gasteiger partial charge is 0.455 e. The van der Waals surface area contributed by atoms with Crippen molar-refractivity contribution in [1.29, 1.82) is 0 Å². The number of hydrogen-bond donors (Lipinski definition) is 0. The highest BCUT2D eigenvalue weighted by atomic mass is 16.3. The first kappa shape index (κ1) is 39.0. The van der Waals surface area contributed by atoms with Gasteiger partial charge in [-0.25, -0.2) is 0 Å². The molecule has 0 saturated carbocycles. The molecular weight excluding hydrogens is 837 g/mol. The lowest BCUT2D eigenvalue weighted by atomic mass is 9.93. The van der Waals surface area contributed by atoms with Gasteiger partial charge >= 0.3 is 0 Å². The van der Waals surface area contributed by atoms with Gasteiger partial charge < -0.3 is 13.9 Å². The van der Waals surface area contributed by atoms with Gasteiger partial charge in [-0.1, -0.05) is 182 Å². The topological polar surface area (TPSA) is 21.3 Å². The van der Waals surface area contributed by atoms with Crippen LogP contribution >= 0.6 is 0 Å². The lowest BCUT2D eigenvalue weighted by molar-refractivity contribution is 0.673. The van der Waals surface area contributed by atoms with Crippen LogP contribution in [0.4, 0.5) is 17.1 Å². The lowest BCUT2D eigenvalue weighted by Crippen LogP contribution is -2.10. The zero-order chi connectivity index (χ0) is 45.4. The van der Waals surface area contributed by atoms with Crippen molar-refractivity contribution in [3.63, 3.8) is 0 Å². The van der Waals surface area contributed by atoms with Gasteiger partial charge in [0, 0.05) is 49.7 Å².